The van der Waals surface area contributed by atoms with Crippen molar-refractivity contribution < 1.29 is 14.7 Å². The molecule has 0 atom stereocenters. The zero-order valence-electron chi connectivity index (χ0n) is 10.2. The van der Waals surface area contributed by atoms with Crippen LogP contribution in [-0.4, -0.2) is 17.4 Å². The maximum absolute atomic E-state index is 11.5. The van der Waals surface area contributed by atoms with Gasteiger partial charge in [0, 0.05) is 5.56 Å². The lowest BCUT2D eigenvalue weighted by atomic mass is 9.89. The molecule has 0 saturated carbocycles. The molecule has 3 nitrogen and oxygen atoms in total. The van der Waals surface area contributed by atoms with Gasteiger partial charge in [-0.1, -0.05) is 49.6 Å². The minimum absolute atomic E-state index is 0.145. The normalized spacial score (nSPS) is 10.1. The Kier molecular flexibility index (Phi) is 3.29. The largest absolute Gasteiger partial charge is 0.478 e. The highest BCUT2D eigenvalue weighted by Gasteiger charge is 2.19. The van der Waals surface area contributed by atoms with Crippen LogP contribution in [0.1, 0.15) is 31.8 Å². The number of carbonyl (C=O) groups is 2. The molecule has 2 rings (SSSR count). The fourth-order valence-electron chi connectivity index (χ4n) is 2.30. The number of aromatic carboxylic acids is 1. The Morgan fingerprint density at radius 2 is 1.58 bits per heavy atom. The summed E-state index contributed by atoms with van der Waals surface area (Å²) in [7, 11) is 0. The van der Waals surface area contributed by atoms with Crippen LogP contribution in [0.25, 0.3) is 22.9 Å². The molecule has 3 heteroatoms. The first-order chi connectivity index (χ1) is 9.15. The van der Waals surface area contributed by atoms with E-state index < -0.39 is 5.97 Å². The van der Waals surface area contributed by atoms with Gasteiger partial charge in [0.05, 0.1) is 5.56 Å². The molecule has 0 amide bonds. The van der Waals surface area contributed by atoms with E-state index >= 15 is 0 Å². The van der Waals surface area contributed by atoms with E-state index in [1.54, 1.807) is 24.3 Å². The summed E-state index contributed by atoms with van der Waals surface area (Å²) < 4.78 is 0. The first-order valence-corrected chi connectivity index (χ1v) is 5.67. The SMILES string of the molecule is C=Cc1c(C=C)c(C(=O)O)c2ccccc2c1C=O. The van der Waals surface area contributed by atoms with Crippen molar-refractivity contribution >= 4 is 35.2 Å². The monoisotopic (exact) mass is 252 g/mol. The van der Waals surface area contributed by atoms with E-state index in [0.29, 0.717) is 27.5 Å². The Morgan fingerprint density at radius 3 is 2.05 bits per heavy atom. The molecule has 0 aromatic heterocycles. The van der Waals surface area contributed by atoms with Gasteiger partial charge in [-0.2, -0.15) is 0 Å². The molecule has 1 N–H and O–H groups in total. The highest BCUT2D eigenvalue weighted by molar-refractivity contribution is 6.13. The van der Waals surface area contributed by atoms with Crippen molar-refractivity contribution in [2.45, 2.75) is 0 Å². The molecule has 19 heavy (non-hydrogen) atoms. The molecule has 0 radical (unpaired) electrons. The van der Waals surface area contributed by atoms with E-state index in [-0.39, 0.29) is 5.56 Å². The van der Waals surface area contributed by atoms with Gasteiger partial charge in [0.2, 0.25) is 0 Å². The topological polar surface area (TPSA) is 54.4 Å². The zero-order chi connectivity index (χ0) is 14.0. The molecule has 0 bridgehead atoms. The number of carboxylic acid groups (broad SMARTS) is 1. The number of carbonyl (C=O) groups excluding carboxylic acids is 1. The fraction of sp³-hybridized carbons (Fsp3) is 0. The van der Waals surface area contributed by atoms with Crippen molar-refractivity contribution in [1.82, 2.24) is 0 Å². The standard InChI is InChI=1S/C16H12O3/c1-3-10-11(4-2)15(16(18)19)13-8-6-5-7-12(13)14(10)9-17/h3-9H,1-2H2,(H,18,19). The smallest absolute Gasteiger partial charge is 0.336 e. The van der Waals surface area contributed by atoms with Crippen LogP contribution in [0.4, 0.5) is 0 Å². The number of rotatable bonds is 4. The first kappa shape index (κ1) is 12.8. The molecule has 0 fully saturated rings. The molecule has 0 heterocycles. The Balaban J connectivity index is 3.15. The number of hydrogen-bond acceptors (Lipinski definition) is 2. The molecular formula is C16H12O3. The van der Waals surface area contributed by atoms with Gasteiger partial charge in [0.1, 0.15) is 0 Å². The third-order valence-electron chi connectivity index (χ3n) is 3.08. The number of benzene rings is 2. The summed E-state index contributed by atoms with van der Waals surface area (Å²) in [6.07, 6.45) is 3.65. The van der Waals surface area contributed by atoms with Crippen molar-refractivity contribution in [3.63, 3.8) is 0 Å². The quantitative estimate of drug-likeness (QED) is 0.845. The van der Waals surface area contributed by atoms with E-state index in [0.717, 1.165) is 6.29 Å². The van der Waals surface area contributed by atoms with E-state index in [9.17, 15) is 14.7 Å². The van der Waals surface area contributed by atoms with Gasteiger partial charge < -0.3 is 5.11 Å². The Bertz CT molecular complexity index is 711. The Labute approximate surface area is 110 Å². The highest BCUT2D eigenvalue weighted by atomic mass is 16.4. The molecule has 2 aromatic rings. The lowest BCUT2D eigenvalue weighted by molar-refractivity contribution is 0.0698. The summed E-state index contributed by atoms with van der Waals surface area (Å²) in [5.41, 5.74) is 1.50. The summed E-state index contributed by atoms with van der Waals surface area (Å²) in [4.78, 5) is 22.8. The van der Waals surface area contributed by atoms with Crippen molar-refractivity contribution in [2.75, 3.05) is 0 Å². The van der Waals surface area contributed by atoms with Crippen LogP contribution in [0.3, 0.4) is 0 Å². The lowest BCUT2D eigenvalue weighted by Crippen LogP contribution is -2.06. The molecule has 2 aromatic carbocycles. The van der Waals surface area contributed by atoms with Crippen molar-refractivity contribution in [1.29, 1.82) is 0 Å². The molecule has 0 aliphatic rings. The second-order valence-electron chi connectivity index (χ2n) is 3.99. The van der Waals surface area contributed by atoms with Crippen LogP contribution < -0.4 is 0 Å². The average molecular weight is 252 g/mol. The van der Waals surface area contributed by atoms with Crippen LogP contribution in [0.2, 0.25) is 0 Å². The number of hydrogen-bond donors (Lipinski definition) is 1. The van der Waals surface area contributed by atoms with Gasteiger partial charge >= 0.3 is 5.97 Å². The summed E-state index contributed by atoms with van der Waals surface area (Å²) in [6, 6.07) is 6.92. The van der Waals surface area contributed by atoms with Crippen LogP contribution >= 0.6 is 0 Å². The summed E-state index contributed by atoms with van der Waals surface area (Å²) >= 11 is 0. The van der Waals surface area contributed by atoms with Gasteiger partial charge in [0.25, 0.3) is 0 Å². The van der Waals surface area contributed by atoms with Crippen LogP contribution in [-0.2, 0) is 0 Å². The predicted molar refractivity (Wildman–Crippen MR) is 76.5 cm³/mol. The zero-order valence-corrected chi connectivity index (χ0v) is 10.2. The number of carboxylic acids is 1. The van der Waals surface area contributed by atoms with Gasteiger partial charge in [-0.25, -0.2) is 4.79 Å². The second kappa shape index (κ2) is 4.90. The summed E-state index contributed by atoms with van der Waals surface area (Å²) in [6.45, 7) is 7.29. The molecular weight excluding hydrogens is 240 g/mol. The fourth-order valence-corrected chi connectivity index (χ4v) is 2.30. The maximum atomic E-state index is 11.5. The Morgan fingerprint density at radius 1 is 1.00 bits per heavy atom. The van der Waals surface area contributed by atoms with Crippen LogP contribution in [0.5, 0.6) is 0 Å². The molecule has 0 spiro atoms. The summed E-state index contributed by atoms with van der Waals surface area (Å²) in [5.74, 6) is -1.05. The molecule has 0 unspecified atom stereocenters. The van der Waals surface area contributed by atoms with Gasteiger partial charge in [-0.15, -0.1) is 0 Å². The van der Waals surface area contributed by atoms with Crippen LogP contribution in [0, 0.1) is 0 Å². The molecule has 0 aliphatic carbocycles. The third-order valence-corrected chi connectivity index (χ3v) is 3.08. The van der Waals surface area contributed by atoms with Crippen molar-refractivity contribution in [2.24, 2.45) is 0 Å². The molecule has 94 valence electrons. The molecule has 0 aliphatic heterocycles. The molecule has 0 saturated heterocycles. The van der Waals surface area contributed by atoms with E-state index in [2.05, 4.69) is 13.2 Å². The number of fused-ring (bicyclic) bond motifs is 1. The summed E-state index contributed by atoms with van der Waals surface area (Å²) in [5, 5.41) is 10.5. The van der Waals surface area contributed by atoms with E-state index in [1.165, 1.54) is 12.2 Å². The third kappa shape index (κ3) is 1.85. The minimum atomic E-state index is -1.05. The lowest BCUT2D eigenvalue weighted by Gasteiger charge is -2.13. The minimum Gasteiger partial charge on any atom is -0.478 e. The van der Waals surface area contributed by atoms with Gasteiger partial charge in [-0.3, -0.25) is 4.79 Å². The number of aldehydes is 1. The highest BCUT2D eigenvalue weighted by Crippen LogP contribution is 2.31. The van der Waals surface area contributed by atoms with Crippen molar-refractivity contribution in [3.05, 3.63) is 59.7 Å². The van der Waals surface area contributed by atoms with Gasteiger partial charge in [-0.05, 0) is 21.9 Å². The van der Waals surface area contributed by atoms with Crippen molar-refractivity contribution in [3.8, 4) is 0 Å². The average Bonchev–Trinajstić information content (AvgIpc) is 2.43. The van der Waals surface area contributed by atoms with E-state index in [4.69, 9.17) is 0 Å². The second-order valence-corrected chi connectivity index (χ2v) is 3.99. The van der Waals surface area contributed by atoms with Gasteiger partial charge in [0.15, 0.2) is 6.29 Å². The van der Waals surface area contributed by atoms with E-state index in [1.807, 2.05) is 0 Å². The Hall–Kier alpha value is -2.68. The first-order valence-electron chi connectivity index (χ1n) is 5.67. The predicted octanol–water partition coefficient (Wildman–Crippen LogP) is 3.64. The maximum Gasteiger partial charge on any atom is 0.336 e. The van der Waals surface area contributed by atoms with Crippen LogP contribution in [0.15, 0.2) is 37.4 Å².